The second-order valence-electron chi connectivity index (χ2n) is 7.25. The Morgan fingerprint density at radius 2 is 1.03 bits per heavy atom. The zero-order valence-corrected chi connectivity index (χ0v) is 18.3. The summed E-state index contributed by atoms with van der Waals surface area (Å²) in [6, 6.07) is 8.91. The van der Waals surface area contributed by atoms with Crippen LogP contribution in [-0.2, 0) is 42.7 Å². The van der Waals surface area contributed by atoms with E-state index < -0.39 is 29.9 Å². The van der Waals surface area contributed by atoms with Crippen molar-refractivity contribution < 1.29 is 25.3 Å². The van der Waals surface area contributed by atoms with E-state index in [1.165, 1.54) is 45.0 Å². The van der Waals surface area contributed by atoms with Crippen LogP contribution < -0.4 is 8.61 Å². The van der Waals surface area contributed by atoms with Crippen molar-refractivity contribution in [3.8, 4) is 0 Å². The van der Waals surface area contributed by atoms with Crippen molar-refractivity contribution >= 4 is 41.3 Å². The Bertz CT molecular complexity index is 1230. The summed E-state index contributed by atoms with van der Waals surface area (Å²) in [6.45, 7) is 0.579. The van der Waals surface area contributed by atoms with Crippen molar-refractivity contribution in [2.75, 3.05) is 34.2 Å². The SMILES string of the molecule is CS(=O)(=O)N1CCc2cc(S(=O)(=O)c3ccc4c(c3)CCN4S(C)(=O)=O)ccc21. The van der Waals surface area contributed by atoms with Crippen molar-refractivity contribution in [1.82, 2.24) is 0 Å². The zero-order valence-electron chi connectivity index (χ0n) is 15.9. The van der Waals surface area contributed by atoms with Crippen molar-refractivity contribution in [2.45, 2.75) is 22.6 Å². The maximum atomic E-state index is 13.1. The fraction of sp³-hybridized carbons (Fsp3) is 0.333. The van der Waals surface area contributed by atoms with Crippen molar-refractivity contribution in [2.24, 2.45) is 0 Å². The van der Waals surface area contributed by atoms with Crippen LogP contribution in [0.5, 0.6) is 0 Å². The number of nitrogens with zero attached hydrogens (tertiary/aromatic N) is 2. The Hall–Kier alpha value is -2.11. The van der Waals surface area contributed by atoms with Crippen molar-refractivity contribution in [1.29, 1.82) is 0 Å². The monoisotopic (exact) mass is 456 g/mol. The maximum Gasteiger partial charge on any atom is 0.232 e. The lowest BCUT2D eigenvalue weighted by atomic mass is 10.2. The van der Waals surface area contributed by atoms with E-state index >= 15 is 0 Å². The van der Waals surface area contributed by atoms with Crippen LogP contribution in [0.1, 0.15) is 11.1 Å². The first-order valence-electron chi connectivity index (χ1n) is 8.85. The van der Waals surface area contributed by atoms with Crippen LogP contribution in [0.4, 0.5) is 11.4 Å². The van der Waals surface area contributed by atoms with E-state index in [0.717, 1.165) is 12.5 Å². The second-order valence-corrected chi connectivity index (χ2v) is 13.0. The third-order valence-electron chi connectivity index (χ3n) is 5.23. The molecular formula is C18H20N2O6S3. The number of benzene rings is 2. The molecule has 0 saturated carbocycles. The molecule has 11 heteroatoms. The lowest BCUT2D eigenvalue weighted by molar-refractivity contribution is 0.595. The molecule has 2 aliphatic rings. The molecule has 0 aromatic heterocycles. The lowest BCUT2D eigenvalue weighted by Crippen LogP contribution is -2.27. The molecule has 0 fully saturated rings. The molecule has 0 amide bonds. The molecule has 0 N–H and O–H groups in total. The highest BCUT2D eigenvalue weighted by Gasteiger charge is 2.30. The molecule has 29 heavy (non-hydrogen) atoms. The van der Waals surface area contributed by atoms with Crippen LogP contribution >= 0.6 is 0 Å². The van der Waals surface area contributed by atoms with Crippen molar-refractivity contribution in [3.05, 3.63) is 47.5 Å². The van der Waals surface area contributed by atoms with E-state index in [2.05, 4.69) is 0 Å². The summed E-state index contributed by atoms with van der Waals surface area (Å²) >= 11 is 0. The molecule has 0 unspecified atom stereocenters. The average molecular weight is 457 g/mol. The van der Waals surface area contributed by atoms with E-state index in [1.54, 1.807) is 0 Å². The fourth-order valence-electron chi connectivity index (χ4n) is 3.86. The third kappa shape index (κ3) is 3.40. The van der Waals surface area contributed by atoms with E-state index in [4.69, 9.17) is 0 Å². The molecule has 156 valence electrons. The predicted molar refractivity (Wildman–Crippen MR) is 110 cm³/mol. The van der Waals surface area contributed by atoms with Crippen molar-refractivity contribution in [3.63, 3.8) is 0 Å². The largest absolute Gasteiger partial charge is 0.270 e. The first-order chi connectivity index (χ1) is 13.4. The number of anilines is 2. The summed E-state index contributed by atoms with van der Waals surface area (Å²) < 4.78 is 76.3. The highest BCUT2D eigenvalue weighted by atomic mass is 32.2. The fourth-order valence-corrected chi connectivity index (χ4v) is 7.13. The van der Waals surface area contributed by atoms with E-state index in [9.17, 15) is 25.3 Å². The minimum absolute atomic E-state index is 0.0875. The van der Waals surface area contributed by atoms with Crippen LogP contribution in [-0.4, -0.2) is 50.9 Å². The van der Waals surface area contributed by atoms with Gasteiger partial charge in [-0.1, -0.05) is 0 Å². The van der Waals surface area contributed by atoms with Gasteiger partial charge in [0.05, 0.1) is 33.7 Å². The normalized spacial score (nSPS) is 16.8. The molecule has 0 saturated heterocycles. The van der Waals surface area contributed by atoms with Gasteiger partial charge >= 0.3 is 0 Å². The summed E-state index contributed by atoms with van der Waals surface area (Å²) in [6.07, 6.45) is 3.13. The van der Waals surface area contributed by atoms with Gasteiger partial charge in [0.2, 0.25) is 29.9 Å². The molecule has 0 bridgehead atoms. The Balaban J connectivity index is 1.73. The molecule has 0 aliphatic carbocycles. The van der Waals surface area contributed by atoms with Crippen LogP contribution in [0.25, 0.3) is 0 Å². The number of sulfone groups is 1. The van der Waals surface area contributed by atoms with Gasteiger partial charge < -0.3 is 0 Å². The Kier molecular flexibility index (Phi) is 4.48. The topological polar surface area (TPSA) is 109 Å². The Morgan fingerprint density at radius 3 is 1.38 bits per heavy atom. The zero-order chi connectivity index (χ0) is 21.2. The van der Waals surface area contributed by atoms with Gasteiger partial charge in [-0.15, -0.1) is 0 Å². The maximum absolute atomic E-state index is 13.1. The second kappa shape index (κ2) is 6.44. The number of fused-ring (bicyclic) bond motifs is 2. The van der Waals surface area contributed by atoms with E-state index in [-0.39, 0.29) is 22.9 Å². The summed E-state index contributed by atoms with van der Waals surface area (Å²) in [4.78, 5) is 0.175. The molecular weight excluding hydrogens is 436 g/mol. The quantitative estimate of drug-likeness (QED) is 0.683. The summed E-state index contributed by atoms with van der Waals surface area (Å²) in [5.41, 5.74) is 2.34. The third-order valence-corrected chi connectivity index (χ3v) is 9.34. The van der Waals surface area contributed by atoms with Gasteiger partial charge in [-0.25, -0.2) is 25.3 Å². The van der Waals surface area contributed by atoms with Gasteiger partial charge in [-0.3, -0.25) is 8.61 Å². The Labute approximate surface area is 170 Å². The minimum Gasteiger partial charge on any atom is -0.270 e. The van der Waals surface area contributed by atoms with Gasteiger partial charge in [-0.2, -0.15) is 0 Å². The van der Waals surface area contributed by atoms with Gasteiger partial charge in [0, 0.05) is 13.1 Å². The molecule has 0 spiro atoms. The molecule has 8 nitrogen and oxygen atoms in total. The number of hydrogen-bond acceptors (Lipinski definition) is 6. The summed E-state index contributed by atoms with van der Waals surface area (Å²) in [5, 5.41) is 0. The standard InChI is InChI=1S/C18H20N2O6S3/c1-27(21,22)19-9-7-13-11-15(3-5-17(13)19)29(25,26)16-4-6-18-14(12-16)8-10-20(18)28(2,23)24/h3-6,11-12H,7-10H2,1-2H3. The van der Waals surface area contributed by atoms with Gasteiger partial charge in [0.25, 0.3) is 0 Å². The number of rotatable bonds is 4. The average Bonchev–Trinajstić information content (AvgIpc) is 3.23. The van der Waals surface area contributed by atoms with Gasteiger partial charge in [0.1, 0.15) is 0 Å². The molecule has 0 radical (unpaired) electrons. The van der Waals surface area contributed by atoms with Gasteiger partial charge in [-0.05, 0) is 60.4 Å². The van der Waals surface area contributed by atoms with Crippen LogP contribution in [0.3, 0.4) is 0 Å². The smallest absolute Gasteiger partial charge is 0.232 e. The van der Waals surface area contributed by atoms with Crippen LogP contribution in [0.15, 0.2) is 46.2 Å². The number of sulfonamides is 2. The Morgan fingerprint density at radius 1 is 0.655 bits per heavy atom. The molecule has 0 atom stereocenters. The van der Waals surface area contributed by atoms with Crippen LogP contribution in [0, 0.1) is 0 Å². The van der Waals surface area contributed by atoms with Gasteiger partial charge in [0.15, 0.2) is 0 Å². The highest BCUT2D eigenvalue weighted by molar-refractivity contribution is 7.92. The summed E-state index contributed by atoms with van der Waals surface area (Å²) in [5.74, 6) is 0. The molecule has 2 aliphatic heterocycles. The molecule has 2 heterocycles. The first kappa shape index (κ1) is 20.2. The van der Waals surface area contributed by atoms with E-state index in [0.29, 0.717) is 35.3 Å². The molecule has 2 aromatic rings. The molecule has 2 aromatic carbocycles. The van der Waals surface area contributed by atoms with Crippen LogP contribution in [0.2, 0.25) is 0 Å². The highest BCUT2D eigenvalue weighted by Crippen LogP contribution is 2.36. The first-order valence-corrected chi connectivity index (χ1v) is 14.0. The predicted octanol–water partition coefficient (Wildman–Crippen LogP) is 1.16. The minimum atomic E-state index is -3.82. The lowest BCUT2D eigenvalue weighted by Gasteiger charge is -2.17. The van der Waals surface area contributed by atoms with E-state index in [1.807, 2.05) is 0 Å². The summed E-state index contributed by atoms with van der Waals surface area (Å²) in [7, 11) is -10.6. The number of hydrogen-bond donors (Lipinski definition) is 0. The molecule has 4 rings (SSSR count).